The van der Waals surface area contributed by atoms with E-state index in [0.29, 0.717) is 16.1 Å². The number of methoxy groups -OCH3 is 1. The van der Waals surface area contributed by atoms with E-state index in [2.05, 4.69) is 10.1 Å². The first-order valence-corrected chi connectivity index (χ1v) is 8.94. The van der Waals surface area contributed by atoms with Gasteiger partial charge in [-0.15, -0.1) is 0 Å². The van der Waals surface area contributed by atoms with Gasteiger partial charge in [0, 0.05) is 5.02 Å². The molecule has 1 amide bonds. The Labute approximate surface area is 172 Å². The fourth-order valence-electron chi connectivity index (χ4n) is 2.50. The topological polar surface area (TPSA) is 102 Å². The highest BCUT2D eigenvalue weighted by Gasteiger charge is 2.48. The summed E-state index contributed by atoms with van der Waals surface area (Å²) >= 11 is 5.84. The van der Waals surface area contributed by atoms with Crippen molar-refractivity contribution >= 4 is 36.0 Å². The number of aliphatic hydroxyl groups is 1. The molecule has 0 aromatic heterocycles. The van der Waals surface area contributed by atoms with Crippen molar-refractivity contribution in [3.8, 4) is 0 Å². The molecule has 0 saturated heterocycles. The minimum absolute atomic E-state index is 0.102. The number of carbonyl (C=O) groups is 3. The first-order chi connectivity index (χ1) is 13.9. The van der Waals surface area contributed by atoms with Crippen LogP contribution in [-0.4, -0.2) is 42.2 Å². The molecule has 2 aromatic rings. The number of amides is 1. The smallest absolute Gasteiger partial charge is 0.344 e. The van der Waals surface area contributed by atoms with Crippen molar-refractivity contribution in [2.24, 2.45) is 0 Å². The molecule has 0 radical (unpaired) electrons. The molecule has 2 rings (SSSR count). The Bertz CT molecular complexity index is 868. The van der Waals surface area contributed by atoms with Gasteiger partial charge < -0.3 is 19.9 Å². The van der Waals surface area contributed by atoms with Crippen LogP contribution in [0.25, 0.3) is 6.08 Å². The van der Waals surface area contributed by atoms with Gasteiger partial charge in [0.1, 0.15) is 6.61 Å². The van der Waals surface area contributed by atoms with Crippen LogP contribution in [0.2, 0.25) is 5.02 Å². The van der Waals surface area contributed by atoms with Gasteiger partial charge in [-0.2, -0.15) is 0 Å². The van der Waals surface area contributed by atoms with E-state index in [0.717, 1.165) is 13.2 Å². The SMILES string of the molecule is COC(=O)[C@@](O)(/C=C/c1ccc(Cl)cc1)[C@@H](NC=O)C(=O)OCc1ccccc1. The quantitative estimate of drug-likeness (QED) is 0.478. The molecular formula is C21H20ClNO6. The Morgan fingerprint density at radius 1 is 1.17 bits per heavy atom. The van der Waals surface area contributed by atoms with E-state index >= 15 is 0 Å². The van der Waals surface area contributed by atoms with Crippen LogP contribution in [0.5, 0.6) is 0 Å². The van der Waals surface area contributed by atoms with Gasteiger partial charge in [-0.1, -0.05) is 60.1 Å². The predicted octanol–water partition coefficient (Wildman–Crippen LogP) is 2.12. The number of halogens is 1. The standard InChI is InChI=1S/C21H20ClNO6/c1-28-20(26)21(27,12-11-15-7-9-17(22)10-8-15)18(23-14-24)19(25)29-13-16-5-3-2-4-6-16/h2-12,14,18,27H,13H2,1H3,(H,23,24)/b12-11+/t18-,21+/m0/s1. The van der Waals surface area contributed by atoms with Gasteiger partial charge in [0.25, 0.3) is 0 Å². The van der Waals surface area contributed by atoms with Crippen LogP contribution in [0.1, 0.15) is 11.1 Å². The maximum absolute atomic E-state index is 12.6. The van der Waals surface area contributed by atoms with Gasteiger partial charge in [0.2, 0.25) is 12.0 Å². The highest BCUT2D eigenvalue weighted by molar-refractivity contribution is 6.30. The zero-order valence-corrected chi connectivity index (χ0v) is 16.3. The van der Waals surface area contributed by atoms with E-state index in [-0.39, 0.29) is 13.0 Å². The summed E-state index contributed by atoms with van der Waals surface area (Å²) in [5, 5.41) is 13.6. The summed E-state index contributed by atoms with van der Waals surface area (Å²) in [5.74, 6) is -2.15. The van der Waals surface area contributed by atoms with E-state index in [4.69, 9.17) is 16.3 Å². The van der Waals surface area contributed by atoms with Crippen molar-refractivity contribution < 1.29 is 29.0 Å². The average molecular weight is 418 g/mol. The molecule has 0 spiro atoms. The molecule has 8 heteroatoms. The Morgan fingerprint density at radius 3 is 2.41 bits per heavy atom. The molecule has 0 unspecified atom stereocenters. The maximum Gasteiger partial charge on any atom is 0.344 e. The molecule has 0 aliphatic rings. The number of rotatable bonds is 9. The third-order valence-electron chi connectivity index (χ3n) is 4.05. The Kier molecular flexibility index (Phi) is 7.94. The first kappa shape index (κ1) is 22.1. The Morgan fingerprint density at radius 2 is 1.83 bits per heavy atom. The highest BCUT2D eigenvalue weighted by Crippen LogP contribution is 2.20. The molecule has 0 saturated carbocycles. The number of nitrogens with one attached hydrogen (secondary N) is 1. The molecule has 0 heterocycles. The fraction of sp³-hybridized carbons (Fsp3) is 0.190. The molecule has 0 aliphatic heterocycles. The molecule has 2 atom stereocenters. The summed E-state index contributed by atoms with van der Waals surface area (Å²) in [6.45, 7) is -0.102. The van der Waals surface area contributed by atoms with Crippen molar-refractivity contribution in [3.05, 3.63) is 76.8 Å². The number of benzene rings is 2. The van der Waals surface area contributed by atoms with Gasteiger partial charge in [0.15, 0.2) is 6.04 Å². The fourth-order valence-corrected chi connectivity index (χ4v) is 2.62. The molecule has 29 heavy (non-hydrogen) atoms. The zero-order valence-electron chi connectivity index (χ0n) is 15.6. The summed E-state index contributed by atoms with van der Waals surface area (Å²) in [5.41, 5.74) is -1.20. The molecule has 2 N–H and O–H groups in total. The second-order valence-electron chi connectivity index (χ2n) is 6.01. The lowest BCUT2D eigenvalue weighted by Gasteiger charge is -2.29. The van der Waals surface area contributed by atoms with E-state index < -0.39 is 23.6 Å². The monoisotopic (exact) mass is 417 g/mol. The van der Waals surface area contributed by atoms with Crippen molar-refractivity contribution in [2.45, 2.75) is 18.2 Å². The van der Waals surface area contributed by atoms with E-state index in [1.165, 1.54) is 6.08 Å². The predicted molar refractivity (Wildman–Crippen MR) is 107 cm³/mol. The minimum Gasteiger partial charge on any atom is -0.467 e. The molecule has 7 nitrogen and oxygen atoms in total. The van der Waals surface area contributed by atoms with Gasteiger partial charge in [-0.25, -0.2) is 9.59 Å². The number of carbonyl (C=O) groups excluding carboxylic acids is 3. The van der Waals surface area contributed by atoms with Gasteiger partial charge in [0.05, 0.1) is 7.11 Å². The zero-order chi connectivity index (χ0) is 21.3. The molecule has 0 aliphatic carbocycles. The van der Waals surface area contributed by atoms with Crippen LogP contribution in [0, 0.1) is 0 Å². The van der Waals surface area contributed by atoms with Gasteiger partial charge in [-0.05, 0) is 29.3 Å². The highest BCUT2D eigenvalue weighted by atomic mass is 35.5. The van der Waals surface area contributed by atoms with Gasteiger partial charge >= 0.3 is 11.9 Å². The number of ether oxygens (including phenoxy) is 2. The van der Waals surface area contributed by atoms with Crippen LogP contribution in [-0.2, 0) is 30.5 Å². The molecule has 0 fully saturated rings. The number of hydrogen-bond donors (Lipinski definition) is 2. The average Bonchev–Trinajstić information content (AvgIpc) is 2.75. The number of esters is 2. The summed E-state index contributed by atoms with van der Waals surface area (Å²) < 4.78 is 9.81. The van der Waals surface area contributed by atoms with Crippen LogP contribution in [0.4, 0.5) is 0 Å². The van der Waals surface area contributed by atoms with E-state index in [1.807, 2.05) is 0 Å². The Hall–Kier alpha value is -3.16. The number of hydrogen-bond acceptors (Lipinski definition) is 6. The Balaban J connectivity index is 2.28. The van der Waals surface area contributed by atoms with Crippen LogP contribution < -0.4 is 5.32 Å². The van der Waals surface area contributed by atoms with Crippen molar-refractivity contribution in [1.29, 1.82) is 0 Å². The summed E-state index contributed by atoms with van der Waals surface area (Å²) in [6.07, 6.45) is 2.66. The minimum atomic E-state index is -2.50. The third-order valence-corrected chi connectivity index (χ3v) is 4.30. The van der Waals surface area contributed by atoms with Crippen molar-refractivity contribution in [2.75, 3.05) is 7.11 Å². The van der Waals surface area contributed by atoms with Gasteiger partial charge in [-0.3, -0.25) is 4.79 Å². The second-order valence-corrected chi connectivity index (χ2v) is 6.45. The molecular weight excluding hydrogens is 398 g/mol. The molecule has 152 valence electrons. The normalized spacial score (nSPS) is 13.9. The van der Waals surface area contributed by atoms with Crippen LogP contribution in [0.3, 0.4) is 0 Å². The summed E-state index contributed by atoms with van der Waals surface area (Å²) in [6, 6.07) is 13.6. The molecule has 0 bridgehead atoms. The largest absolute Gasteiger partial charge is 0.467 e. The first-order valence-electron chi connectivity index (χ1n) is 8.56. The van der Waals surface area contributed by atoms with Crippen molar-refractivity contribution in [1.82, 2.24) is 5.32 Å². The van der Waals surface area contributed by atoms with Crippen molar-refractivity contribution in [3.63, 3.8) is 0 Å². The lowest BCUT2D eigenvalue weighted by Crippen LogP contribution is -2.59. The lowest BCUT2D eigenvalue weighted by molar-refractivity contribution is -0.169. The van der Waals surface area contributed by atoms with Crippen LogP contribution in [0.15, 0.2) is 60.7 Å². The second kappa shape index (κ2) is 10.4. The van der Waals surface area contributed by atoms with E-state index in [1.54, 1.807) is 54.6 Å². The third kappa shape index (κ3) is 5.91. The van der Waals surface area contributed by atoms with Crippen LogP contribution >= 0.6 is 11.6 Å². The summed E-state index contributed by atoms with van der Waals surface area (Å²) in [4.78, 5) is 35.9. The summed E-state index contributed by atoms with van der Waals surface area (Å²) in [7, 11) is 1.05. The van der Waals surface area contributed by atoms with E-state index in [9.17, 15) is 19.5 Å². The maximum atomic E-state index is 12.6. The molecule has 2 aromatic carbocycles. The lowest BCUT2D eigenvalue weighted by atomic mass is 9.92.